The molecule has 0 spiro atoms. The van der Waals surface area contributed by atoms with Crippen molar-refractivity contribution in [3.8, 4) is 5.75 Å². The number of nitrogens with zero attached hydrogens (tertiary/aromatic N) is 1. The van der Waals surface area contributed by atoms with Gasteiger partial charge >= 0.3 is 0 Å². The molecule has 0 bridgehead atoms. The molecular formula is C13H19NO. The fourth-order valence-corrected chi connectivity index (χ4v) is 2.14. The summed E-state index contributed by atoms with van der Waals surface area (Å²) in [5.41, 5.74) is 3.99. The minimum absolute atomic E-state index is 0.575. The van der Waals surface area contributed by atoms with Crippen LogP contribution >= 0.6 is 0 Å². The number of aryl methyl sites for hydroxylation is 1. The highest BCUT2D eigenvalue weighted by Gasteiger charge is 2.17. The summed E-state index contributed by atoms with van der Waals surface area (Å²) in [6, 6.07) is 4.44. The van der Waals surface area contributed by atoms with Crippen molar-refractivity contribution in [1.82, 2.24) is 0 Å². The first kappa shape index (κ1) is 10.3. The average Bonchev–Trinajstić information content (AvgIpc) is 2.16. The normalized spacial score (nSPS) is 15.1. The van der Waals surface area contributed by atoms with E-state index in [0.29, 0.717) is 5.92 Å². The first-order valence-electron chi connectivity index (χ1n) is 5.58. The van der Waals surface area contributed by atoms with Crippen molar-refractivity contribution in [3.63, 3.8) is 0 Å². The maximum Gasteiger partial charge on any atom is 0.142 e. The van der Waals surface area contributed by atoms with Gasteiger partial charge in [-0.2, -0.15) is 0 Å². The zero-order valence-electron chi connectivity index (χ0n) is 10.0. The summed E-state index contributed by atoms with van der Waals surface area (Å²) in [4.78, 5) is 2.27. The Morgan fingerprint density at radius 3 is 2.73 bits per heavy atom. The Labute approximate surface area is 91.9 Å². The fraction of sp³-hybridized carbons (Fsp3) is 0.538. The monoisotopic (exact) mass is 205 g/mol. The Balaban J connectivity index is 2.50. The van der Waals surface area contributed by atoms with Gasteiger partial charge in [0.2, 0.25) is 0 Å². The lowest BCUT2D eigenvalue weighted by Gasteiger charge is -2.29. The lowest BCUT2D eigenvalue weighted by molar-refractivity contribution is 0.311. The van der Waals surface area contributed by atoms with Crippen molar-refractivity contribution in [1.29, 1.82) is 0 Å². The molecule has 2 rings (SSSR count). The number of ether oxygens (including phenoxy) is 1. The van der Waals surface area contributed by atoms with Crippen molar-refractivity contribution in [2.24, 2.45) is 0 Å². The highest BCUT2D eigenvalue weighted by atomic mass is 16.5. The van der Waals surface area contributed by atoms with Gasteiger partial charge in [-0.3, -0.25) is 0 Å². The molecule has 82 valence electrons. The Morgan fingerprint density at radius 1 is 1.33 bits per heavy atom. The zero-order chi connectivity index (χ0) is 11.0. The van der Waals surface area contributed by atoms with E-state index in [1.165, 1.54) is 16.8 Å². The second kappa shape index (κ2) is 3.76. The van der Waals surface area contributed by atoms with Crippen LogP contribution in [0.1, 0.15) is 30.9 Å². The summed E-state index contributed by atoms with van der Waals surface area (Å²) in [5, 5.41) is 0. The molecule has 0 fully saturated rings. The Kier molecular flexibility index (Phi) is 2.59. The largest absolute Gasteiger partial charge is 0.490 e. The number of fused-ring (bicyclic) bond motifs is 1. The summed E-state index contributed by atoms with van der Waals surface area (Å²) in [5.74, 6) is 1.61. The molecule has 0 unspecified atom stereocenters. The smallest absolute Gasteiger partial charge is 0.142 e. The molecule has 2 nitrogen and oxygen atoms in total. The minimum atomic E-state index is 0.575. The zero-order valence-corrected chi connectivity index (χ0v) is 10.0. The highest BCUT2D eigenvalue weighted by molar-refractivity contribution is 5.63. The summed E-state index contributed by atoms with van der Waals surface area (Å²) in [7, 11) is 2.13. The van der Waals surface area contributed by atoms with Crippen LogP contribution in [0.5, 0.6) is 5.75 Å². The molecule has 0 amide bonds. The number of likely N-dealkylation sites (N-methyl/N-ethyl adjacent to an activating group) is 1. The summed E-state index contributed by atoms with van der Waals surface area (Å²) >= 11 is 0. The Bertz CT molecular complexity index is 371. The van der Waals surface area contributed by atoms with Crippen LogP contribution in [0.15, 0.2) is 12.1 Å². The number of anilines is 1. The van der Waals surface area contributed by atoms with E-state index in [0.717, 1.165) is 18.9 Å². The van der Waals surface area contributed by atoms with Crippen LogP contribution in [-0.2, 0) is 0 Å². The molecule has 1 aliphatic heterocycles. The summed E-state index contributed by atoms with van der Waals surface area (Å²) in [6.45, 7) is 8.40. The van der Waals surface area contributed by atoms with Gasteiger partial charge in [-0.15, -0.1) is 0 Å². The second-order valence-electron chi connectivity index (χ2n) is 4.60. The van der Waals surface area contributed by atoms with E-state index in [9.17, 15) is 0 Å². The molecule has 1 aromatic carbocycles. The van der Waals surface area contributed by atoms with Crippen LogP contribution in [0.25, 0.3) is 0 Å². The predicted octanol–water partition coefficient (Wildman–Crippen LogP) is 2.95. The molecule has 0 saturated carbocycles. The molecular weight excluding hydrogens is 186 g/mol. The van der Waals surface area contributed by atoms with Crippen molar-refractivity contribution < 1.29 is 4.74 Å². The molecule has 0 aromatic heterocycles. The SMILES string of the molecule is Cc1cc2c(cc1C(C)C)N(C)CCO2. The average molecular weight is 205 g/mol. The molecule has 0 aliphatic carbocycles. The van der Waals surface area contributed by atoms with Gasteiger partial charge in [0.25, 0.3) is 0 Å². The van der Waals surface area contributed by atoms with Crippen molar-refractivity contribution in [2.45, 2.75) is 26.7 Å². The fourth-order valence-electron chi connectivity index (χ4n) is 2.14. The molecule has 0 N–H and O–H groups in total. The number of benzene rings is 1. The van der Waals surface area contributed by atoms with Gasteiger partial charge in [-0.05, 0) is 36.1 Å². The van der Waals surface area contributed by atoms with Crippen molar-refractivity contribution in [2.75, 3.05) is 25.1 Å². The minimum Gasteiger partial charge on any atom is -0.490 e. The van der Waals surface area contributed by atoms with E-state index < -0.39 is 0 Å². The van der Waals surface area contributed by atoms with E-state index >= 15 is 0 Å². The molecule has 0 saturated heterocycles. The Hall–Kier alpha value is -1.18. The highest BCUT2D eigenvalue weighted by Crippen LogP contribution is 2.35. The van der Waals surface area contributed by atoms with E-state index in [1.54, 1.807) is 0 Å². The van der Waals surface area contributed by atoms with Crippen LogP contribution in [0.3, 0.4) is 0 Å². The predicted molar refractivity (Wildman–Crippen MR) is 64.0 cm³/mol. The maximum atomic E-state index is 5.67. The topological polar surface area (TPSA) is 12.5 Å². The van der Waals surface area contributed by atoms with Gasteiger partial charge in [-0.25, -0.2) is 0 Å². The van der Waals surface area contributed by atoms with Gasteiger partial charge in [0.1, 0.15) is 12.4 Å². The van der Waals surface area contributed by atoms with Gasteiger partial charge in [0.05, 0.1) is 12.2 Å². The van der Waals surface area contributed by atoms with Gasteiger partial charge in [0, 0.05) is 7.05 Å². The molecule has 1 heterocycles. The first-order valence-corrected chi connectivity index (χ1v) is 5.58. The van der Waals surface area contributed by atoms with Crippen LogP contribution in [0.4, 0.5) is 5.69 Å². The lowest BCUT2D eigenvalue weighted by Crippen LogP contribution is -2.29. The van der Waals surface area contributed by atoms with E-state index in [2.05, 4.69) is 44.9 Å². The maximum absolute atomic E-state index is 5.67. The van der Waals surface area contributed by atoms with Gasteiger partial charge in [-0.1, -0.05) is 13.8 Å². The summed E-state index contributed by atoms with van der Waals surface area (Å²) in [6.07, 6.45) is 0. The second-order valence-corrected chi connectivity index (χ2v) is 4.60. The van der Waals surface area contributed by atoms with E-state index in [-0.39, 0.29) is 0 Å². The molecule has 2 heteroatoms. The quantitative estimate of drug-likeness (QED) is 0.699. The number of hydrogen-bond acceptors (Lipinski definition) is 2. The van der Waals surface area contributed by atoms with E-state index in [4.69, 9.17) is 4.74 Å². The standard InChI is InChI=1S/C13H19NO/c1-9(2)11-8-12-13(7-10(11)3)15-6-5-14(12)4/h7-9H,5-6H2,1-4H3. The Morgan fingerprint density at radius 2 is 2.07 bits per heavy atom. The van der Waals surface area contributed by atoms with Crippen LogP contribution < -0.4 is 9.64 Å². The van der Waals surface area contributed by atoms with E-state index in [1.807, 2.05) is 0 Å². The third-order valence-corrected chi connectivity index (χ3v) is 3.07. The first-order chi connectivity index (χ1) is 7.09. The molecule has 1 aromatic rings. The van der Waals surface area contributed by atoms with Crippen LogP contribution in [0, 0.1) is 6.92 Å². The lowest BCUT2D eigenvalue weighted by atomic mass is 9.96. The molecule has 1 aliphatic rings. The third-order valence-electron chi connectivity index (χ3n) is 3.07. The van der Waals surface area contributed by atoms with Crippen LogP contribution in [0.2, 0.25) is 0 Å². The molecule has 15 heavy (non-hydrogen) atoms. The van der Waals surface area contributed by atoms with Crippen molar-refractivity contribution >= 4 is 5.69 Å². The molecule has 0 atom stereocenters. The van der Waals surface area contributed by atoms with Gasteiger partial charge < -0.3 is 9.64 Å². The molecule has 0 radical (unpaired) electrons. The van der Waals surface area contributed by atoms with Crippen LogP contribution in [-0.4, -0.2) is 20.2 Å². The van der Waals surface area contributed by atoms with Crippen molar-refractivity contribution in [3.05, 3.63) is 23.3 Å². The number of hydrogen-bond donors (Lipinski definition) is 0. The third kappa shape index (κ3) is 1.81. The summed E-state index contributed by atoms with van der Waals surface area (Å²) < 4.78 is 5.67. The van der Waals surface area contributed by atoms with Gasteiger partial charge in [0.15, 0.2) is 0 Å². The number of rotatable bonds is 1.